The summed E-state index contributed by atoms with van der Waals surface area (Å²) in [7, 11) is 0. The fourth-order valence-corrected chi connectivity index (χ4v) is 6.62. The fraction of sp³-hybridized carbons (Fsp3) is 0.238. The molecule has 6 heteroatoms. The lowest BCUT2D eigenvalue weighted by Gasteiger charge is -2.49. The van der Waals surface area contributed by atoms with Gasteiger partial charge in [-0.2, -0.15) is 0 Å². The van der Waals surface area contributed by atoms with Gasteiger partial charge in [-0.15, -0.1) is 0 Å². The molecular formula is C42H38O6. The molecule has 2 fully saturated rings. The van der Waals surface area contributed by atoms with Crippen molar-refractivity contribution < 1.29 is 28.4 Å². The van der Waals surface area contributed by atoms with Gasteiger partial charge in [0, 0.05) is 5.56 Å². The first kappa shape index (κ1) is 30.9. The number of benzene rings is 6. The molecule has 2 heterocycles. The maximum Gasteiger partial charge on any atom is 0.187 e. The Morgan fingerprint density at radius 1 is 0.479 bits per heavy atom. The third-order valence-electron chi connectivity index (χ3n) is 9.13. The van der Waals surface area contributed by atoms with E-state index >= 15 is 0 Å². The summed E-state index contributed by atoms with van der Waals surface area (Å²) in [5.41, 5.74) is 4.12. The SMILES string of the molecule is c1ccc(CO[C@@H]2O[C@@H]3COC(c4ccccc4)O[C@H]3[C@H](OCc3ccc4ccccc4c3)[C@H]2OCc2ccc3ccccc3c2)cc1. The van der Waals surface area contributed by atoms with Gasteiger partial charge in [0.25, 0.3) is 0 Å². The molecule has 0 radical (unpaired) electrons. The van der Waals surface area contributed by atoms with E-state index in [9.17, 15) is 0 Å². The van der Waals surface area contributed by atoms with Crippen LogP contribution in [0.3, 0.4) is 0 Å². The van der Waals surface area contributed by atoms with Crippen LogP contribution in [0, 0.1) is 0 Å². The first-order chi connectivity index (χ1) is 23.8. The van der Waals surface area contributed by atoms with E-state index in [0.717, 1.165) is 27.6 Å². The molecule has 0 bridgehead atoms. The Kier molecular flexibility index (Phi) is 9.26. The maximum absolute atomic E-state index is 6.86. The van der Waals surface area contributed by atoms with Crippen LogP contribution in [0.1, 0.15) is 28.5 Å². The topological polar surface area (TPSA) is 55.4 Å². The molecule has 2 saturated heterocycles. The molecule has 0 N–H and O–H groups in total. The summed E-state index contributed by atoms with van der Waals surface area (Å²) in [6.45, 7) is 1.43. The summed E-state index contributed by atoms with van der Waals surface area (Å²) in [6.07, 6.45) is -3.22. The van der Waals surface area contributed by atoms with E-state index in [-0.39, 0.29) is 0 Å². The fourth-order valence-electron chi connectivity index (χ4n) is 6.62. The van der Waals surface area contributed by atoms with Crippen molar-refractivity contribution in [3.63, 3.8) is 0 Å². The Balaban J connectivity index is 1.10. The Morgan fingerprint density at radius 2 is 1.02 bits per heavy atom. The largest absolute Gasteiger partial charge is 0.368 e. The van der Waals surface area contributed by atoms with Gasteiger partial charge in [0.2, 0.25) is 0 Å². The van der Waals surface area contributed by atoms with Crippen LogP contribution in [0.2, 0.25) is 0 Å². The van der Waals surface area contributed by atoms with Gasteiger partial charge in [0.15, 0.2) is 12.6 Å². The number of rotatable bonds is 10. The molecule has 0 spiro atoms. The molecule has 0 amide bonds. The van der Waals surface area contributed by atoms with Gasteiger partial charge in [-0.1, -0.05) is 133 Å². The van der Waals surface area contributed by atoms with Crippen molar-refractivity contribution in [3.05, 3.63) is 168 Å². The zero-order valence-electron chi connectivity index (χ0n) is 26.6. The van der Waals surface area contributed by atoms with Crippen molar-refractivity contribution in [2.24, 2.45) is 0 Å². The van der Waals surface area contributed by atoms with Gasteiger partial charge in [-0.25, -0.2) is 0 Å². The highest BCUT2D eigenvalue weighted by Gasteiger charge is 2.52. The molecule has 48 heavy (non-hydrogen) atoms. The maximum atomic E-state index is 6.86. The summed E-state index contributed by atoms with van der Waals surface area (Å²) in [4.78, 5) is 0. The van der Waals surface area contributed by atoms with Crippen molar-refractivity contribution >= 4 is 21.5 Å². The lowest BCUT2D eigenvalue weighted by Crippen LogP contribution is -2.63. The molecule has 6 atom stereocenters. The molecule has 242 valence electrons. The van der Waals surface area contributed by atoms with Crippen LogP contribution in [0.4, 0.5) is 0 Å². The monoisotopic (exact) mass is 638 g/mol. The van der Waals surface area contributed by atoms with E-state index in [2.05, 4.69) is 84.9 Å². The third-order valence-corrected chi connectivity index (χ3v) is 9.13. The van der Waals surface area contributed by atoms with Crippen LogP contribution in [-0.2, 0) is 48.2 Å². The van der Waals surface area contributed by atoms with Crippen LogP contribution < -0.4 is 0 Å². The average Bonchev–Trinajstić information content (AvgIpc) is 3.15. The standard InChI is InChI=1S/C42H38O6/c1-3-11-29(12-4-1)25-45-42-40(44-27-31-20-22-33-14-8-10-18-36(33)24-31)39(43-26-30-19-21-32-13-7-9-17-35(32)23-30)38-37(47-42)28-46-41(48-38)34-15-5-2-6-16-34/h1-24,37-42H,25-28H2/t37-,38-,39+,40-,41?,42-/m1/s1. The summed E-state index contributed by atoms with van der Waals surface area (Å²) in [5, 5.41) is 4.71. The van der Waals surface area contributed by atoms with Gasteiger partial charge in [0.05, 0.1) is 26.4 Å². The predicted octanol–water partition coefficient (Wildman–Crippen LogP) is 8.52. The highest BCUT2D eigenvalue weighted by Crippen LogP contribution is 2.38. The summed E-state index contributed by atoms with van der Waals surface area (Å²) in [5.74, 6) is 0. The van der Waals surface area contributed by atoms with Crippen LogP contribution >= 0.6 is 0 Å². The molecule has 0 aromatic heterocycles. The van der Waals surface area contributed by atoms with Crippen LogP contribution in [0.5, 0.6) is 0 Å². The van der Waals surface area contributed by atoms with E-state index in [1.807, 2.05) is 60.7 Å². The minimum Gasteiger partial charge on any atom is -0.368 e. The molecule has 8 rings (SSSR count). The second kappa shape index (κ2) is 14.4. The third kappa shape index (κ3) is 6.91. The zero-order valence-corrected chi connectivity index (χ0v) is 26.6. The average molecular weight is 639 g/mol. The first-order valence-corrected chi connectivity index (χ1v) is 16.6. The van der Waals surface area contributed by atoms with E-state index in [4.69, 9.17) is 28.4 Å². The number of hydrogen-bond donors (Lipinski definition) is 0. The number of ether oxygens (including phenoxy) is 6. The second-order valence-corrected chi connectivity index (χ2v) is 12.4. The quantitative estimate of drug-likeness (QED) is 0.150. The van der Waals surface area contributed by atoms with Crippen LogP contribution in [0.15, 0.2) is 146 Å². The van der Waals surface area contributed by atoms with Gasteiger partial charge < -0.3 is 28.4 Å². The zero-order chi connectivity index (χ0) is 32.1. The van der Waals surface area contributed by atoms with E-state index in [0.29, 0.717) is 26.4 Å². The molecular weight excluding hydrogens is 600 g/mol. The van der Waals surface area contributed by atoms with Crippen LogP contribution in [-0.4, -0.2) is 37.3 Å². The second-order valence-electron chi connectivity index (χ2n) is 12.4. The van der Waals surface area contributed by atoms with Gasteiger partial charge in [0.1, 0.15) is 24.4 Å². The number of fused-ring (bicyclic) bond motifs is 3. The lowest BCUT2D eigenvalue weighted by molar-refractivity contribution is -0.374. The first-order valence-electron chi connectivity index (χ1n) is 16.6. The highest BCUT2D eigenvalue weighted by molar-refractivity contribution is 5.83. The van der Waals surface area contributed by atoms with Gasteiger partial charge in [-0.3, -0.25) is 0 Å². The molecule has 2 aliphatic rings. The summed E-state index contributed by atoms with van der Waals surface area (Å²) in [6, 6.07) is 49.6. The Morgan fingerprint density at radius 3 is 1.67 bits per heavy atom. The van der Waals surface area contributed by atoms with Gasteiger partial charge >= 0.3 is 0 Å². The smallest absolute Gasteiger partial charge is 0.187 e. The predicted molar refractivity (Wildman–Crippen MR) is 185 cm³/mol. The van der Waals surface area contributed by atoms with Crippen molar-refractivity contribution in [3.8, 4) is 0 Å². The van der Waals surface area contributed by atoms with Crippen LogP contribution in [0.25, 0.3) is 21.5 Å². The van der Waals surface area contributed by atoms with Crippen molar-refractivity contribution in [1.29, 1.82) is 0 Å². The Bertz CT molecular complexity index is 1950. The van der Waals surface area contributed by atoms with Crippen molar-refractivity contribution in [2.75, 3.05) is 6.61 Å². The molecule has 0 saturated carbocycles. The Labute approximate surface area is 280 Å². The van der Waals surface area contributed by atoms with E-state index in [1.165, 1.54) is 16.2 Å². The Hall–Kier alpha value is -4.40. The van der Waals surface area contributed by atoms with E-state index < -0.39 is 37.0 Å². The normalized spacial score (nSPS) is 24.0. The highest BCUT2D eigenvalue weighted by atomic mass is 16.8. The van der Waals surface area contributed by atoms with Gasteiger partial charge in [-0.05, 0) is 50.4 Å². The minimum atomic E-state index is -0.714. The molecule has 0 aliphatic carbocycles. The summed E-state index contributed by atoms with van der Waals surface area (Å²) >= 11 is 0. The molecule has 6 aromatic carbocycles. The molecule has 2 aliphatic heterocycles. The van der Waals surface area contributed by atoms with Crippen molar-refractivity contribution in [2.45, 2.75) is 56.8 Å². The van der Waals surface area contributed by atoms with E-state index in [1.54, 1.807) is 0 Å². The number of hydrogen-bond acceptors (Lipinski definition) is 6. The molecule has 6 aromatic rings. The lowest BCUT2D eigenvalue weighted by atomic mass is 9.96. The molecule has 6 nitrogen and oxygen atoms in total. The van der Waals surface area contributed by atoms with Crippen molar-refractivity contribution in [1.82, 2.24) is 0 Å². The minimum absolute atomic E-state index is 0.336. The summed E-state index contributed by atoms with van der Waals surface area (Å²) < 4.78 is 39.7. The molecule has 1 unspecified atom stereocenters.